The molecule has 0 aromatic heterocycles. The Labute approximate surface area is 87.2 Å². The SMILES string of the molecule is CCC1Oc2ccc(C=O)cc2NC1=O. The molecular formula is C11H11NO3. The molecule has 4 heteroatoms. The van der Waals surface area contributed by atoms with E-state index in [1.807, 2.05) is 6.92 Å². The molecule has 1 amide bonds. The summed E-state index contributed by atoms with van der Waals surface area (Å²) < 4.78 is 5.46. The number of rotatable bonds is 2. The van der Waals surface area contributed by atoms with Crippen molar-refractivity contribution in [2.45, 2.75) is 19.4 Å². The van der Waals surface area contributed by atoms with E-state index in [1.54, 1.807) is 18.2 Å². The van der Waals surface area contributed by atoms with Gasteiger partial charge in [-0.05, 0) is 24.6 Å². The highest BCUT2D eigenvalue weighted by Crippen LogP contribution is 2.30. The van der Waals surface area contributed by atoms with Gasteiger partial charge in [0.05, 0.1) is 5.69 Å². The Morgan fingerprint density at radius 2 is 2.33 bits per heavy atom. The Morgan fingerprint density at radius 3 is 3.00 bits per heavy atom. The lowest BCUT2D eigenvalue weighted by Crippen LogP contribution is -2.36. The Balaban J connectivity index is 2.36. The van der Waals surface area contributed by atoms with Crippen molar-refractivity contribution in [1.82, 2.24) is 0 Å². The largest absolute Gasteiger partial charge is 0.478 e. The number of hydrogen-bond acceptors (Lipinski definition) is 3. The van der Waals surface area contributed by atoms with Crippen LogP contribution in [0.3, 0.4) is 0 Å². The fourth-order valence-corrected chi connectivity index (χ4v) is 1.51. The smallest absolute Gasteiger partial charge is 0.265 e. The highest BCUT2D eigenvalue weighted by Gasteiger charge is 2.25. The zero-order valence-corrected chi connectivity index (χ0v) is 8.32. The van der Waals surface area contributed by atoms with Crippen LogP contribution < -0.4 is 10.1 Å². The van der Waals surface area contributed by atoms with Gasteiger partial charge in [-0.15, -0.1) is 0 Å². The Morgan fingerprint density at radius 1 is 1.53 bits per heavy atom. The van der Waals surface area contributed by atoms with E-state index >= 15 is 0 Å². The van der Waals surface area contributed by atoms with Crippen molar-refractivity contribution in [1.29, 1.82) is 0 Å². The Kier molecular flexibility index (Phi) is 2.41. The van der Waals surface area contributed by atoms with Crippen molar-refractivity contribution in [3.05, 3.63) is 23.8 Å². The zero-order valence-electron chi connectivity index (χ0n) is 8.32. The number of fused-ring (bicyclic) bond motifs is 1. The molecule has 0 saturated heterocycles. The van der Waals surface area contributed by atoms with E-state index in [-0.39, 0.29) is 5.91 Å². The second-order valence-corrected chi connectivity index (χ2v) is 3.38. The van der Waals surface area contributed by atoms with E-state index in [2.05, 4.69) is 5.32 Å². The molecule has 1 N–H and O–H groups in total. The lowest BCUT2D eigenvalue weighted by atomic mass is 10.1. The van der Waals surface area contributed by atoms with Gasteiger partial charge in [0.25, 0.3) is 5.91 Å². The normalized spacial score (nSPS) is 18.7. The maximum Gasteiger partial charge on any atom is 0.265 e. The van der Waals surface area contributed by atoms with Gasteiger partial charge in [-0.25, -0.2) is 0 Å². The number of nitrogens with one attached hydrogen (secondary N) is 1. The van der Waals surface area contributed by atoms with Crippen molar-refractivity contribution >= 4 is 17.9 Å². The quantitative estimate of drug-likeness (QED) is 0.746. The highest BCUT2D eigenvalue weighted by atomic mass is 16.5. The molecular weight excluding hydrogens is 194 g/mol. The molecule has 1 aliphatic rings. The Bertz CT molecular complexity index is 414. The molecule has 1 heterocycles. The number of ether oxygens (including phenoxy) is 1. The van der Waals surface area contributed by atoms with Crippen LogP contribution in [-0.4, -0.2) is 18.3 Å². The molecule has 78 valence electrons. The summed E-state index contributed by atoms with van der Waals surface area (Å²) in [5.41, 5.74) is 1.09. The lowest BCUT2D eigenvalue weighted by molar-refractivity contribution is -0.123. The minimum Gasteiger partial charge on any atom is -0.478 e. The van der Waals surface area contributed by atoms with Crippen LogP contribution >= 0.6 is 0 Å². The summed E-state index contributed by atoms with van der Waals surface area (Å²) in [5.74, 6) is 0.458. The Hall–Kier alpha value is -1.84. The third kappa shape index (κ3) is 1.70. The van der Waals surface area contributed by atoms with Crippen molar-refractivity contribution in [3.63, 3.8) is 0 Å². The molecule has 4 nitrogen and oxygen atoms in total. The van der Waals surface area contributed by atoms with Gasteiger partial charge < -0.3 is 10.1 Å². The lowest BCUT2D eigenvalue weighted by Gasteiger charge is -2.24. The predicted octanol–water partition coefficient (Wildman–Crippen LogP) is 1.61. The van der Waals surface area contributed by atoms with Gasteiger partial charge in [0.2, 0.25) is 0 Å². The van der Waals surface area contributed by atoms with E-state index in [1.165, 1.54) is 0 Å². The first-order valence-corrected chi connectivity index (χ1v) is 4.81. The maximum absolute atomic E-state index is 11.5. The predicted molar refractivity (Wildman–Crippen MR) is 55.2 cm³/mol. The molecule has 1 aromatic carbocycles. The maximum atomic E-state index is 11.5. The summed E-state index contributed by atoms with van der Waals surface area (Å²) in [7, 11) is 0. The molecule has 0 fully saturated rings. The summed E-state index contributed by atoms with van der Waals surface area (Å²) in [6.07, 6.45) is 0.929. The van der Waals surface area contributed by atoms with Gasteiger partial charge in [-0.2, -0.15) is 0 Å². The summed E-state index contributed by atoms with van der Waals surface area (Å²) in [6, 6.07) is 4.96. The van der Waals surface area contributed by atoms with Crippen LogP contribution in [0.1, 0.15) is 23.7 Å². The summed E-state index contributed by atoms with van der Waals surface area (Å²) in [4.78, 5) is 22.0. The number of benzene rings is 1. The average molecular weight is 205 g/mol. The molecule has 1 atom stereocenters. The van der Waals surface area contributed by atoms with Gasteiger partial charge in [0, 0.05) is 5.56 Å². The molecule has 2 rings (SSSR count). The molecule has 0 aliphatic carbocycles. The first-order valence-electron chi connectivity index (χ1n) is 4.81. The minimum absolute atomic E-state index is 0.159. The standard InChI is InChI=1S/C11H11NO3/c1-2-9-11(14)12-8-5-7(6-13)3-4-10(8)15-9/h3-6,9H,2H2,1H3,(H,12,14). The molecule has 0 saturated carbocycles. The van der Waals surface area contributed by atoms with Gasteiger partial charge in [-0.1, -0.05) is 6.92 Å². The van der Waals surface area contributed by atoms with Gasteiger partial charge >= 0.3 is 0 Å². The molecule has 1 aromatic rings. The van der Waals surface area contributed by atoms with E-state index in [0.717, 1.165) is 6.29 Å². The second kappa shape index (κ2) is 3.73. The summed E-state index contributed by atoms with van der Waals surface area (Å²) >= 11 is 0. The number of hydrogen-bond donors (Lipinski definition) is 1. The summed E-state index contributed by atoms with van der Waals surface area (Å²) in [5, 5.41) is 2.71. The van der Waals surface area contributed by atoms with E-state index in [0.29, 0.717) is 23.4 Å². The molecule has 0 spiro atoms. The van der Waals surface area contributed by atoms with Gasteiger partial charge in [-0.3, -0.25) is 9.59 Å². The van der Waals surface area contributed by atoms with Crippen LogP contribution in [0.4, 0.5) is 5.69 Å². The molecule has 1 unspecified atom stereocenters. The van der Waals surface area contributed by atoms with Crippen molar-refractivity contribution in [3.8, 4) is 5.75 Å². The molecule has 0 radical (unpaired) electrons. The number of carbonyl (C=O) groups excluding carboxylic acids is 2. The number of anilines is 1. The van der Waals surface area contributed by atoms with Crippen molar-refractivity contribution in [2.24, 2.45) is 0 Å². The van der Waals surface area contributed by atoms with Gasteiger partial charge in [0.15, 0.2) is 6.10 Å². The molecule has 1 aliphatic heterocycles. The fraction of sp³-hybridized carbons (Fsp3) is 0.273. The minimum atomic E-state index is -0.431. The first kappa shape index (κ1) is 9.71. The third-order valence-corrected chi connectivity index (χ3v) is 2.33. The number of aldehydes is 1. The topological polar surface area (TPSA) is 55.4 Å². The van der Waals surface area contributed by atoms with Crippen LogP contribution in [0, 0.1) is 0 Å². The molecule has 15 heavy (non-hydrogen) atoms. The van der Waals surface area contributed by atoms with Crippen molar-refractivity contribution < 1.29 is 14.3 Å². The number of amides is 1. The fourth-order valence-electron chi connectivity index (χ4n) is 1.51. The van der Waals surface area contributed by atoms with Gasteiger partial charge in [0.1, 0.15) is 12.0 Å². The molecule has 0 bridgehead atoms. The van der Waals surface area contributed by atoms with Crippen LogP contribution in [0.5, 0.6) is 5.75 Å². The summed E-state index contributed by atoms with van der Waals surface area (Å²) in [6.45, 7) is 1.88. The first-order chi connectivity index (χ1) is 7.24. The number of carbonyl (C=O) groups is 2. The van der Waals surface area contributed by atoms with E-state index in [9.17, 15) is 9.59 Å². The third-order valence-electron chi connectivity index (χ3n) is 2.33. The highest BCUT2D eigenvalue weighted by molar-refractivity contribution is 5.98. The van der Waals surface area contributed by atoms with Crippen LogP contribution in [0.25, 0.3) is 0 Å². The van der Waals surface area contributed by atoms with Crippen LogP contribution in [0.2, 0.25) is 0 Å². The second-order valence-electron chi connectivity index (χ2n) is 3.38. The zero-order chi connectivity index (χ0) is 10.8. The average Bonchev–Trinajstić information content (AvgIpc) is 2.27. The monoisotopic (exact) mass is 205 g/mol. The van der Waals surface area contributed by atoms with E-state index < -0.39 is 6.10 Å². The van der Waals surface area contributed by atoms with Crippen LogP contribution in [0.15, 0.2) is 18.2 Å². The van der Waals surface area contributed by atoms with Crippen molar-refractivity contribution in [2.75, 3.05) is 5.32 Å². The van der Waals surface area contributed by atoms with Crippen LogP contribution in [-0.2, 0) is 4.79 Å². The van der Waals surface area contributed by atoms with E-state index in [4.69, 9.17) is 4.74 Å².